The molecular formula is C21H18ClN3O3. The average molecular weight is 396 g/mol. The van der Waals surface area contributed by atoms with Crippen LogP contribution in [0.4, 0.5) is 11.5 Å². The average Bonchev–Trinajstić information content (AvgIpc) is 2.73. The molecule has 0 radical (unpaired) electrons. The van der Waals surface area contributed by atoms with Crippen molar-refractivity contribution in [2.24, 2.45) is 0 Å². The number of hydrogen-bond acceptors (Lipinski definition) is 5. The Hall–Kier alpha value is -3.38. The fourth-order valence-electron chi connectivity index (χ4n) is 2.51. The maximum absolute atomic E-state index is 12.5. The van der Waals surface area contributed by atoms with Crippen LogP contribution in [0.15, 0.2) is 66.9 Å². The Bertz CT molecular complexity index is 990. The zero-order chi connectivity index (χ0) is 19.9. The molecule has 3 rings (SSSR count). The van der Waals surface area contributed by atoms with Crippen LogP contribution in [0.25, 0.3) is 0 Å². The SMILES string of the molecule is COC(=O)c1cccc(NC(=O)c2ccnc(NCc3ccc(Cl)cc3)c2)c1. The van der Waals surface area contributed by atoms with Gasteiger partial charge in [-0.1, -0.05) is 29.8 Å². The lowest BCUT2D eigenvalue weighted by molar-refractivity contribution is 0.0600. The molecule has 28 heavy (non-hydrogen) atoms. The molecule has 0 unspecified atom stereocenters. The van der Waals surface area contributed by atoms with Gasteiger partial charge in [0.05, 0.1) is 12.7 Å². The number of nitrogens with one attached hydrogen (secondary N) is 2. The lowest BCUT2D eigenvalue weighted by atomic mass is 10.2. The van der Waals surface area contributed by atoms with Crippen molar-refractivity contribution in [1.29, 1.82) is 0 Å². The van der Waals surface area contributed by atoms with E-state index in [0.29, 0.717) is 34.2 Å². The molecule has 142 valence electrons. The highest BCUT2D eigenvalue weighted by Gasteiger charge is 2.10. The Labute approximate surface area is 167 Å². The van der Waals surface area contributed by atoms with E-state index in [4.69, 9.17) is 16.3 Å². The smallest absolute Gasteiger partial charge is 0.337 e. The Kier molecular flexibility index (Phi) is 6.24. The van der Waals surface area contributed by atoms with E-state index < -0.39 is 5.97 Å². The predicted octanol–water partition coefficient (Wildman–Crippen LogP) is 4.39. The van der Waals surface area contributed by atoms with Gasteiger partial charge in [-0.2, -0.15) is 0 Å². The van der Waals surface area contributed by atoms with E-state index in [2.05, 4.69) is 15.6 Å². The molecule has 7 heteroatoms. The number of benzene rings is 2. The number of esters is 1. The van der Waals surface area contributed by atoms with Gasteiger partial charge in [-0.3, -0.25) is 4.79 Å². The van der Waals surface area contributed by atoms with Crippen LogP contribution < -0.4 is 10.6 Å². The van der Waals surface area contributed by atoms with Crippen molar-refractivity contribution < 1.29 is 14.3 Å². The van der Waals surface area contributed by atoms with Crippen molar-refractivity contribution in [3.63, 3.8) is 0 Å². The third-order valence-corrected chi connectivity index (χ3v) is 4.20. The molecule has 0 saturated heterocycles. The van der Waals surface area contributed by atoms with Crippen molar-refractivity contribution in [2.45, 2.75) is 6.54 Å². The van der Waals surface area contributed by atoms with Gasteiger partial charge in [0.2, 0.25) is 0 Å². The number of hydrogen-bond donors (Lipinski definition) is 2. The number of carbonyl (C=O) groups is 2. The van der Waals surface area contributed by atoms with Gasteiger partial charge in [0, 0.05) is 29.0 Å². The van der Waals surface area contributed by atoms with Gasteiger partial charge in [-0.15, -0.1) is 0 Å². The monoisotopic (exact) mass is 395 g/mol. The number of aromatic nitrogens is 1. The molecule has 2 aromatic carbocycles. The van der Waals surface area contributed by atoms with Crippen LogP contribution in [0, 0.1) is 0 Å². The van der Waals surface area contributed by atoms with Crippen molar-refractivity contribution in [1.82, 2.24) is 4.98 Å². The number of nitrogens with zero attached hydrogens (tertiary/aromatic N) is 1. The highest BCUT2D eigenvalue weighted by molar-refractivity contribution is 6.30. The highest BCUT2D eigenvalue weighted by Crippen LogP contribution is 2.15. The summed E-state index contributed by atoms with van der Waals surface area (Å²) in [4.78, 5) is 28.4. The molecule has 0 spiro atoms. The van der Waals surface area contributed by atoms with Gasteiger partial charge in [0.1, 0.15) is 5.82 Å². The largest absolute Gasteiger partial charge is 0.465 e. The quantitative estimate of drug-likeness (QED) is 0.605. The minimum absolute atomic E-state index is 0.307. The minimum atomic E-state index is -0.464. The summed E-state index contributed by atoms with van der Waals surface area (Å²) in [5.74, 6) is -0.196. The van der Waals surface area contributed by atoms with E-state index in [1.165, 1.54) is 7.11 Å². The fourth-order valence-corrected chi connectivity index (χ4v) is 2.63. The van der Waals surface area contributed by atoms with Crippen LogP contribution >= 0.6 is 11.6 Å². The van der Waals surface area contributed by atoms with Crippen LogP contribution in [0.5, 0.6) is 0 Å². The van der Waals surface area contributed by atoms with E-state index in [1.807, 2.05) is 24.3 Å². The van der Waals surface area contributed by atoms with E-state index in [0.717, 1.165) is 5.56 Å². The first-order chi connectivity index (χ1) is 13.5. The van der Waals surface area contributed by atoms with E-state index in [-0.39, 0.29) is 5.91 Å². The number of amides is 1. The summed E-state index contributed by atoms with van der Waals surface area (Å²) >= 11 is 5.88. The number of methoxy groups -OCH3 is 1. The second-order valence-corrected chi connectivity index (χ2v) is 6.37. The molecule has 1 aromatic heterocycles. The number of anilines is 2. The van der Waals surface area contributed by atoms with Crippen molar-refractivity contribution in [3.8, 4) is 0 Å². The van der Waals surface area contributed by atoms with Gasteiger partial charge in [0.15, 0.2) is 0 Å². The Balaban J connectivity index is 1.66. The summed E-state index contributed by atoms with van der Waals surface area (Å²) < 4.78 is 4.69. The van der Waals surface area contributed by atoms with Gasteiger partial charge in [0.25, 0.3) is 5.91 Å². The normalized spacial score (nSPS) is 10.2. The second-order valence-electron chi connectivity index (χ2n) is 5.94. The molecule has 0 aliphatic rings. The first-order valence-corrected chi connectivity index (χ1v) is 8.87. The van der Waals surface area contributed by atoms with Gasteiger partial charge in [-0.25, -0.2) is 9.78 Å². The third kappa shape index (κ3) is 5.08. The summed E-state index contributed by atoms with van der Waals surface area (Å²) in [6.45, 7) is 0.552. The number of halogens is 1. The molecule has 0 bridgehead atoms. The summed E-state index contributed by atoms with van der Waals surface area (Å²) in [6.07, 6.45) is 1.56. The highest BCUT2D eigenvalue weighted by atomic mass is 35.5. The first-order valence-electron chi connectivity index (χ1n) is 8.49. The molecule has 0 fully saturated rings. The molecule has 2 N–H and O–H groups in total. The molecule has 0 saturated carbocycles. The van der Waals surface area contributed by atoms with Crippen LogP contribution in [0.3, 0.4) is 0 Å². The molecule has 0 aliphatic carbocycles. The van der Waals surface area contributed by atoms with Crippen molar-refractivity contribution in [2.75, 3.05) is 17.7 Å². The van der Waals surface area contributed by atoms with Crippen LogP contribution in [0.1, 0.15) is 26.3 Å². The van der Waals surface area contributed by atoms with Crippen LogP contribution in [0.2, 0.25) is 5.02 Å². The molecule has 3 aromatic rings. The number of rotatable bonds is 6. The second kappa shape index (κ2) is 9.01. The molecular weight excluding hydrogens is 378 g/mol. The zero-order valence-corrected chi connectivity index (χ0v) is 15.9. The minimum Gasteiger partial charge on any atom is -0.465 e. The summed E-state index contributed by atoms with van der Waals surface area (Å²) in [5, 5.41) is 6.62. The fraction of sp³-hybridized carbons (Fsp3) is 0.0952. The Morgan fingerprint density at radius 2 is 1.82 bits per heavy atom. The Morgan fingerprint density at radius 3 is 2.57 bits per heavy atom. The zero-order valence-electron chi connectivity index (χ0n) is 15.1. The maximum atomic E-state index is 12.5. The molecule has 1 heterocycles. The summed E-state index contributed by atoms with van der Waals surface area (Å²) in [7, 11) is 1.31. The van der Waals surface area contributed by atoms with Gasteiger partial charge >= 0.3 is 5.97 Å². The van der Waals surface area contributed by atoms with E-state index in [9.17, 15) is 9.59 Å². The van der Waals surface area contributed by atoms with Crippen molar-refractivity contribution in [3.05, 3.63) is 88.6 Å². The standard InChI is InChI=1S/C21H18ClN3O3/c1-28-21(27)16-3-2-4-18(11-16)25-20(26)15-9-10-23-19(12-15)24-13-14-5-7-17(22)8-6-14/h2-12H,13H2,1H3,(H,23,24)(H,25,26). The lowest BCUT2D eigenvalue weighted by Gasteiger charge is -2.09. The van der Waals surface area contributed by atoms with Crippen LogP contribution in [-0.4, -0.2) is 24.0 Å². The Morgan fingerprint density at radius 1 is 1.04 bits per heavy atom. The van der Waals surface area contributed by atoms with Crippen molar-refractivity contribution >= 4 is 35.0 Å². The molecule has 0 atom stereocenters. The van der Waals surface area contributed by atoms with Crippen LogP contribution in [-0.2, 0) is 11.3 Å². The van der Waals surface area contributed by atoms with Gasteiger partial charge < -0.3 is 15.4 Å². The maximum Gasteiger partial charge on any atom is 0.337 e. The topological polar surface area (TPSA) is 80.3 Å². The summed E-state index contributed by atoms with van der Waals surface area (Å²) in [5.41, 5.74) is 2.35. The summed E-state index contributed by atoms with van der Waals surface area (Å²) in [6, 6.07) is 17.3. The molecule has 1 amide bonds. The third-order valence-electron chi connectivity index (χ3n) is 3.95. The first kappa shape index (κ1) is 19.4. The lowest BCUT2D eigenvalue weighted by Crippen LogP contribution is -2.13. The van der Waals surface area contributed by atoms with E-state index >= 15 is 0 Å². The predicted molar refractivity (Wildman–Crippen MR) is 109 cm³/mol. The van der Waals surface area contributed by atoms with E-state index in [1.54, 1.807) is 42.6 Å². The number of pyridine rings is 1. The molecule has 6 nitrogen and oxygen atoms in total. The van der Waals surface area contributed by atoms with Gasteiger partial charge in [-0.05, 0) is 48.0 Å². The number of carbonyl (C=O) groups excluding carboxylic acids is 2. The molecule has 0 aliphatic heterocycles. The number of ether oxygens (including phenoxy) is 1.